The van der Waals surface area contributed by atoms with Crippen LogP contribution < -0.4 is 9.64 Å². The highest BCUT2D eigenvalue weighted by molar-refractivity contribution is 6.34. The Hall–Kier alpha value is -3.75. The molecule has 2 amide bonds. The van der Waals surface area contributed by atoms with Gasteiger partial charge in [0.1, 0.15) is 5.75 Å². The Morgan fingerprint density at radius 1 is 0.621 bits per heavy atom. The quantitative estimate of drug-likeness (QED) is 0.267. The summed E-state index contributed by atoms with van der Waals surface area (Å²) in [6.07, 6.45) is 0. The topological polar surface area (TPSA) is 46.6 Å². The van der Waals surface area contributed by atoms with E-state index in [4.69, 9.17) is 4.74 Å². The fourth-order valence-electron chi connectivity index (χ4n) is 2.88. The number of nitrogens with zero attached hydrogens (tertiary/aromatic N) is 1. The second kappa shape index (κ2) is 6.69. The van der Waals surface area contributed by atoms with E-state index in [1.807, 2.05) is 0 Å². The first-order valence-electron chi connectivity index (χ1n) is 8.08. The van der Waals surface area contributed by atoms with Crippen molar-refractivity contribution in [2.45, 2.75) is 0 Å². The van der Waals surface area contributed by atoms with Crippen molar-refractivity contribution in [3.05, 3.63) is 88.7 Å². The number of hydrogen-bond acceptors (Lipinski definition) is 3. The lowest BCUT2D eigenvalue weighted by atomic mass is 10.1. The van der Waals surface area contributed by atoms with Gasteiger partial charge in [-0.05, 0) is 36.4 Å². The Balaban J connectivity index is 1.64. The molecule has 3 aromatic rings. The minimum Gasteiger partial charge on any atom is -0.451 e. The third-order valence-corrected chi connectivity index (χ3v) is 4.28. The molecule has 3 aromatic carbocycles. The molecule has 0 fully saturated rings. The van der Waals surface area contributed by atoms with E-state index in [-0.39, 0.29) is 22.6 Å². The Morgan fingerprint density at radius 2 is 1.07 bits per heavy atom. The lowest BCUT2D eigenvalue weighted by Gasteiger charge is -2.15. The number of fused-ring (bicyclic) bond motifs is 1. The van der Waals surface area contributed by atoms with Gasteiger partial charge in [0.15, 0.2) is 0 Å². The van der Waals surface area contributed by atoms with Crippen LogP contribution in [0.15, 0.2) is 48.5 Å². The lowest BCUT2D eigenvalue weighted by molar-refractivity contribution is 0.0926. The predicted octanol–water partition coefficient (Wildman–Crippen LogP) is 4.98. The van der Waals surface area contributed by atoms with Gasteiger partial charge in [-0.3, -0.25) is 9.59 Å². The van der Waals surface area contributed by atoms with Crippen molar-refractivity contribution >= 4 is 17.5 Å². The molecule has 0 aliphatic carbocycles. The SMILES string of the molecule is O=C1c2ccccc2C(=O)N1c1ccc(Oc2c(F)c(F)c(F)c(F)c2F)cc1. The molecule has 1 aliphatic rings. The summed E-state index contributed by atoms with van der Waals surface area (Å²) in [7, 11) is 0. The molecular formula is C20H8F5NO3. The summed E-state index contributed by atoms with van der Waals surface area (Å²) in [5.74, 6) is -13.7. The minimum absolute atomic E-state index is 0.140. The smallest absolute Gasteiger partial charge is 0.266 e. The van der Waals surface area contributed by atoms with Gasteiger partial charge in [-0.2, -0.15) is 8.78 Å². The third kappa shape index (κ3) is 2.82. The molecule has 9 heteroatoms. The fourth-order valence-corrected chi connectivity index (χ4v) is 2.88. The van der Waals surface area contributed by atoms with E-state index >= 15 is 0 Å². The maximum absolute atomic E-state index is 13.7. The Bertz CT molecular complexity index is 1110. The zero-order valence-electron chi connectivity index (χ0n) is 14.2. The van der Waals surface area contributed by atoms with Crippen molar-refractivity contribution in [3.63, 3.8) is 0 Å². The number of ether oxygens (including phenoxy) is 1. The van der Waals surface area contributed by atoms with Crippen LogP contribution >= 0.6 is 0 Å². The van der Waals surface area contributed by atoms with Crippen LogP contribution in [0.5, 0.6) is 11.5 Å². The number of carbonyl (C=O) groups excluding carboxylic acids is 2. The van der Waals surface area contributed by atoms with E-state index in [0.29, 0.717) is 0 Å². The number of hydrogen-bond donors (Lipinski definition) is 0. The average Bonchev–Trinajstić information content (AvgIpc) is 2.99. The van der Waals surface area contributed by atoms with Gasteiger partial charge >= 0.3 is 0 Å². The molecule has 29 heavy (non-hydrogen) atoms. The molecule has 0 N–H and O–H groups in total. The van der Waals surface area contributed by atoms with Crippen molar-refractivity contribution < 1.29 is 36.3 Å². The Kier molecular flexibility index (Phi) is 4.30. The Labute approximate surface area is 159 Å². The van der Waals surface area contributed by atoms with Crippen LogP contribution in [0, 0.1) is 29.1 Å². The second-order valence-electron chi connectivity index (χ2n) is 5.99. The van der Waals surface area contributed by atoms with Crippen LogP contribution in [-0.4, -0.2) is 11.8 Å². The number of halogens is 5. The number of anilines is 1. The van der Waals surface area contributed by atoms with Crippen molar-refractivity contribution in [2.75, 3.05) is 4.90 Å². The molecule has 0 bridgehead atoms. The van der Waals surface area contributed by atoms with Crippen LogP contribution in [0.4, 0.5) is 27.6 Å². The van der Waals surface area contributed by atoms with Gasteiger partial charge in [0.25, 0.3) is 11.8 Å². The molecule has 146 valence electrons. The average molecular weight is 405 g/mol. The maximum Gasteiger partial charge on any atom is 0.266 e. The first-order valence-corrected chi connectivity index (χ1v) is 8.08. The largest absolute Gasteiger partial charge is 0.451 e. The van der Waals surface area contributed by atoms with E-state index in [9.17, 15) is 31.5 Å². The van der Waals surface area contributed by atoms with Gasteiger partial charge in [0.2, 0.25) is 34.8 Å². The summed E-state index contributed by atoms with van der Waals surface area (Å²) < 4.78 is 71.9. The van der Waals surface area contributed by atoms with Crippen molar-refractivity contribution in [1.82, 2.24) is 0 Å². The molecule has 1 aliphatic heterocycles. The second-order valence-corrected chi connectivity index (χ2v) is 5.99. The first kappa shape index (κ1) is 18.6. The number of amides is 2. The molecule has 0 saturated carbocycles. The summed E-state index contributed by atoms with van der Waals surface area (Å²) >= 11 is 0. The van der Waals surface area contributed by atoms with Gasteiger partial charge in [-0.15, -0.1) is 0 Å². The molecule has 0 aromatic heterocycles. The highest BCUT2D eigenvalue weighted by atomic mass is 19.2. The summed E-state index contributed by atoms with van der Waals surface area (Å²) in [6, 6.07) is 10.9. The van der Waals surface area contributed by atoms with Crippen molar-refractivity contribution in [1.29, 1.82) is 0 Å². The van der Waals surface area contributed by atoms with Gasteiger partial charge in [-0.25, -0.2) is 18.1 Å². The van der Waals surface area contributed by atoms with Crippen molar-refractivity contribution in [2.24, 2.45) is 0 Å². The van der Waals surface area contributed by atoms with Gasteiger partial charge in [0, 0.05) is 0 Å². The number of rotatable bonds is 3. The van der Waals surface area contributed by atoms with Crippen LogP contribution in [0.25, 0.3) is 0 Å². The molecule has 0 radical (unpaired) electrons. The van der Waals surface area contributed by atoms with Crippen LogP contribution in [0.3, 0.4) is 0 Å². The summed E-state index contributed by atoms with van der Waals surface area (Å²) in [4.78, 5) is 25.8. The molecule has 0 atom stereocenters. The molecule has 4 nitrogen and oxygen atoms in total. The molecule has 1 heterocycles. The molecule has 0 saturated heterocycles. The normalized spacial score (nSPS) is 13.1. The van der Waals surface area contributed by atoms with Gasteiger partial charge < -0.3 is 4.74 Å². The van der Waals surface area contributed by atoms with Gasteiger partial charge in [-0.1, -0.05) is 12.1 Å². The standard InChI is InChI=1S/C20H8F5NO3/c21-13-14(22)16(24)18(17(25)15(13)23)29-10-7-5-9(6-8-10)26-19(27)11-3-1-2-4-12(11)20(26)28/h1-8H. The van der Waals surface area contributed by atoms with Crippen molar-refractivity contribution in [3.8, 4) is 11.5 Å². The Morgan fingerprint density at radius 3 is 1.55 bits per heavy atom. The van der Waals surface area contributed by atoms with E-state index in [1.165, 1.54) is 24.3 Å². The highest BCUT2D eigenvalue weighted by Crippen LogP contribution is 2.34. The summed E-state index contributed by atoms with van der Waals surface area (Å²) in [6.45, 7) is 0. The first-order chi connectivity index (χ1) is 13.8. The zero-order valence-corrected chi connectivity index (χ0v) is 14.2. The highest BCUT2D eigenvalue weighted by Gasteiger charge is 2.36. The summed E-state index contributed by atoms with van der Waals surface area (Å²) in [5.41, 5.74) is 0.583. The van der Waals surface area contributed by atoms with Crippen LogP contribution in [-0.2, 0) is 0 Å². The van der Waals surface area contributed by atoms with E-state index in [2.05, 4.69) is 0 Å². The number of benzene rings is 3. The minimum atomic E-state index is -2.30. The van der Waals surface area contributed by atoms with Crippen LogP contribution in [0.2, 0.25) is 0 Å². The monoisotopic (exact) mass is 405 g/mol. The van der Waals surface area contributed by atoms with E-state index in [1.54, 1.807) is 12.1 Å². The third-order valence-electron chi connectivity index (χ3n) is 4.28. The zero-order chi connectivity index (χ0) is 20.9. The maximum atomic E-state index is 13.7. The number of carbonyl (C=O) groups is 2. The van der Waals surface area contributed by atoms with E-state index < -0.39 is 46.6 Å². The molecule has 0 spiro atoms. The lowest BCUT2D eigenvalue weighted by Crippen LogP contribution is -2.29. The fraction of sp³-hybridized carbons (Fsp3) is 0. The van der Waals surface area contributed by atoms with E-state index in [0.717, 1.165) is 17.0 Å². The van der Waals surface area contributed by atoms with Gasteiger partial charge in [0.05, 0.1) is 16.8 Å². The molecule has 4 rings (SSSR count). The predicted molar refractivity (Wildman–Crippen MR) is 90.3 cm³/mol. The molecule has 0 unspecified atom stereocenters. The number of imide groups is 1. The summed E-state index contributed by atoms with van der Waals surface area (Å²) in [5, 5.41) is 0. The molecular weight excluding hydrogens is 397 g/mol. The van der Waals surface area contributed by atoms with Crippen LogP contribution in [0.1, 0.15) is 20.7 Å².